The molecule has 1 fully saturated rings. The predicted molar refractivity (Wildman–Crippen MR) is 53.8 cm³/mol. The number of imidazole rings is 1. The third kappa shape index (κ3) is 1.96. The van der Waals surface area contributed by atoms with Gasteiger partial charge in [-0.15, -0.1) is 0 Å². The molecule has 0 saturated heterocycles. The molecule has 0 unspecified atom stereocenters. The number of rotatable bonds is 4. The SMILES string of the molecule is CCn1ccnc1CNC1CC(O)C1. The Morgan fingerprint density at radius 2 is 2.43 bits per heavy atom. The highest BCUT2D eigenvalue weighted by Crippen LogP contribution is 2.19. The van der Waals surface area contributed by atoms with E-state index in [2.05, 4.69) is 21.8 Å². The Balaban J connectivity index is 1.80. The van der Waals surface area contributed by atoms with Crippen molar-refractivity contribution in [3.05, 3.63) is 18.2 Å². The number of aryl methyl sites for hydroxylation is 1. The van der Waals surface area contributed by atoms with Gasteiger partial charge < -0.3 is 15.0 Å². The van der Waals surface area contributed by atoms with Gasteiger partial charge >= 0.3 is 0 Å². The van der Waals surface area contributed by atoms with Crippen LogP contribution in [0.2, 0.25) is 0 Å². The van der Waals surface area contributed by atoms with E-state index in [9.17, 15) is 0 Å². The fourth-order valence-corrected chi connectivity index (χ4v) is 1.79. The van der Waals surface area contributed by atoms with Gasteiger partial charge in [-0.2, -0.15) is 0 Å². The summed E-state index contributed by atoms with van der Waals surface area (Å²) in [5, 5.41) is 12.5. The molecular weight excluding hydrogens is 178 g/mol. The lowest BCUT2D eigenvalue weighted by Gasteiger charge is -2.32. The molecule has 2 rings (SSSR count). The van der Waals surface area contributed by atoms with Crippen LogP contribution in [0.4, 0.5) is 0 Å². The maximum Gasteiger partial charge on any atom is 0.122 e. The number of aliphatic hydroxyl groups is 1. The van der Waals surface area contributed by atoms with Crippen LogP contribution < -0.4 is 5.32 Å². The molecule has 1 aromatic heterocycles. The Morgan fingerprint density at radius 3 is 3.07 bits per heavy atom. The predicted octanol–water partition coefficient (Wildman–Crippen LogP) is 0.516. The first-order valence-electron chi connectivity index (χ1n) is 5.21. The van der Waals surface area contributed by atoms with Gasteiger partial charge in [-0.25, -0.2) is 4.98 Å². The Labute approximate surface area is 84.0 Å². The Morgan fingerprint density at radius 1 is 1.64 bits per heavy atom. The molecule has 0 bridgehead atoms. The summed E-state index contributed by atoms with van der Waals surface area (Å²) >= 11 is 0. The summed E-state index contributed by atoms with van der Waals surface area (Å²) in [5.41, 5.74) is 0. The van der Waals surface area contributed by atoms with Crippen molar-refractivity contribution < 1.29 is 5.11 Å². The average molecular weight is 195 g/mol. The van der Waals surface area contributed by atoms with Crippen LogP contribution in [0.15, 0.2) is 12.4 Å². The first-order chi connectivity index (χ1) is 6.79. The molecule has 0 aromatic carbocycles. The van der Waals surface area contributed by atoms with Gasteiger partial charge in [0.15, 0.2) is 0 Å². The molecule has 1 aliphatic rings. The van der Waals surface area contributed by atoms with E-state index >= 15 is 0 Å². The summed E-state index contributed by atoms with van der Waals surface area (Å²) in [6.07, 6.45) is 5.50. The molecule has 1 aromatic rings. The highest BCUT2D eigenvalue weighted by atomic mass is 16.3. The minimum Gasteiger partial charge on any atom is -0.393 e. The second kappa shape index (κ2) is 4.11. The monoisotopic (exact) mass is 195 g/mol. The largest absolute Gasteiger partial charge is 0.393 e. The van der Waals surface area contributed by atoms with Crippen LogP contribution in [0.1, 0.15) is 25.6 Å². The highest BCUT2D eigenvalue weighted by molar-refractivity contribution is 4.94. The Bertz CT molecular complexity index is 291. The standard InChI is InChI=1S/C10H17N3O/c1-2-13-4-3-11-10(13)7-12-8-5-9(14)6-8/h3-4,8-9,12,14H,2,5-7H2,1H3. The van der Waals surface area contributed by atoms with Crippen LogP contribution in [0.5, 0.6) is 0 Å². The maximum absolute atomic E-state index is 9.12. The van der Waals surface area contributed by atoms with Crippen molar-refractivity contribution in [1.82, 2.24) is 14.9 Å². The molecule has 0 amide bonds. The van der Waals surface area contributed by atoms with Crippen LogP contribution in [0, 0.1) is 0 Å². The van der Waals surface area contributed by atoms with Gasteiger partial charge in [-0.3, -0.25) is 0 Å². The highest BCUT2D eigenvalue weighted by Gasteiger charge is 2.26. The number of aromatic nitrogens is 2. The molecule has 4 heteroatoms. The van der Waals surface area contributed by atoms with E-state index in [4.69, 9.17) is 5.11 Å². The second-order valence-electron chi connectivity index (χ2n) is 3.83. The van der Waals surface area contributed by atoms with Gasteiger partial charge in [0.05, 0.1) is 12.6 Å². The van der Waals surface area contributed by atoms with Gasteiger partial charge in [0.2, 0.25) is 0 Å². The lowest BCUT2D eigenvalue weighted by Crippen LogP contribution is -2.44. The molecule has 14 heavy (non-hydrogen) atoms. The minimum atomic E-state index is -0.0848. The summed E-state index contributed by atoms with van der Waals surface area (Å²) in [6, 6.07) is 0.479. The van der Waals surface area contributed by atoms with Crippen molar-refractivity contribution in [3.63, 3.8) is 0 Å². The summed E-state index contributed by atoms with van der Waals surface area (Å²) in [6.45, 7) is 3.88. The maximum atomic E-state index is 9.12. The third-order valence-electron chi connectivity index (χ3n) is 2.80. The van der Waals surface area contributed by atoms with E-state index in [1.54, 1.807) is 0 Å². The van der Waals surface area contributed by atoms with Crippen LogP contribution in [0.25, 0.3) is 0 Å². The normalized spacial score (nSPS) is 26.1. The summed E-state index contributed by atoms with van der Waals surface area (Å²) in [4.78, 5) is 4.27. The number of nitrogens with one attached hydrogen (secondary N) is 1. The van der Waals surface area contributed by atoms with E-state index in [0.29, 0.717) is 6.04 Å². The smallest absolute Gasteiger partial charge is 0.122 e. The van der Waals surface area contributed by atoms with Gasteiger partial charge in [0.1, 0.15) is 5.82 Å². The van der Waals surface area contributed by atoms with Gasteiger partial charge in [0, 0.05) is 25.0 Å². The van der Waals surface area contributed by atoms with Crippen molar-refractivity contribution >= 4 is 0 Å². The van der Waals surface area contributed by atoms with Crippen LogP contribution in [0.3, 0.4) is 0 Å². The molecule has 1 heterocycles. The van der Waals surface area contributed by atoms with Crippen molar-refractivity contribution in [2.24, 2.45) is 0 Å². The second-order valence-corrected chi connectivity index (χ2v) is 3.83. The number of hydrogen-bond acceptors (Lipinski definition) is 3. The zero-order valence-electron chi connectivity index (χ0n) is 8.48. The number of hydrogen-bond donors (Lipinski definition) is 2. The van der Waals surface area contributed by atoms with E-state index in [1.807, 2.05) is 12.4 Å². The summed E-state index contributed by atoms with van der Waals surface area (Å²) in [7, 11) is 0. The lowest BCUT2D eigenvalue weighted by atomic mass is 9.89. The van der Waals surface area contributed by atoms with E-state index in [0.717, 1.165) is 31.8 Å². The first kappa shape index (κ1) is 9.68. The third-order valence-corrected chi connectivity index (χ3v) is 2.80. The van der Waals surface area contributed by atoms with Gasteiger partial charge in [-0.05, 0) is 19.8 Å². The average Bonchev–Trinajstić information content (AvgIpc) is 2.57. The zero-order chi connectivity index (χ0) is 9.97. The van der Waals surface area contributed by atoms with E-state index in [-0.39, 0.29) is 6.10 Å². The molecule has 78 valence electrons. The fourth-order valence-electron chi connectivity index (χ4n) is 1.79. The Kier molecular flexibility index (Phi) is 2.84. The zero-order valence-corrected chi connectivity index (χ0v) is 8.48. The van der Waals surface area contributed by atoms with E-state index in [1.165, 1.54) is 0 Å². The van der Waals surface area contributed by atoms with Gasteiger partial charge in [-0.1, -0.05) is 0 Å². The Hall–Kier alpha value is -0.870. The van der Waals surface area contributed by atoms with Gasteiger partial charge in [0.25, 0.3) is 0 Å². The summed E-state index contributed by atoms with van der Waals surface area (Å²) < 4.78 is 2.13. The molecule has 1 saturated carbocycles. The van der Waals surface area contributed by atoms with Crippen LogP contribution in [-0.4, -0.2) is 26.8 Å². The topological polar surface area (TPSA) is 50.1 Å². The lowest BCUT2D eigenvalue weighted by molar-refractivity contribution is 0.0615. The summed E-state index contributed by atoms with van der Waals surface area (Å²) in [5.74, 6) is 1.08. The molecule has 1 aliphatic carbocycles. The molecular formula is C10H17N3O. The van der Waals surface area contributed by atoms with Crippen LogP contribution in [-0.2, 0) is 13.1 Å². The fraction of sp³-hybridized carbons (Fsp3) is 0.700. The quantitative estimate of drug-likeness (QED) is 0.736. The van der Waals surface area contributed by atoms with Crippen LogP contribution >= 0.6 is 0 Å². The minimum absolute atomic E-state index is 0.0848. The molecule has 0 aliphatic heterocycles. The number of nitrogens with zero attached hydrogens (tertiary/aromatic N) is 2. The first-order valence-corrected chi connectivity index (χ1v) is 5.21. The molecule has 0 radical (unpaired) electrons. The van der Waals surface area contributed by atoms with Crippen molar-refractivity contribution in [2.45, 2.75) is 45.0 Å². The van der Waals surface area contributed by atoms with Crippen molar-refractivity contribution in [3.8, 4) is 0 Å². The van der Waals surface area contributed by atoms with E-state index < -0.39 is 0 Å². The number of aliphatic hydroxyl groups excluding tert-OH is 1. The molecule has 2 N–H and O–H groups in total. The molecule has 4 nitrogen and oxygen atoms in total. The van der Waals surface area contributed by atoms with Crippen molar-refractivity contribution in [2.75, 3.05) is 0 Å². The molecule has 0 spiro atoms. The van der Waals surface area contributed by atoms with Crippen molar-refractivity contribution in [1.29, 1.82) is 0 Å². The molecule has 0 atom stereocenters.